The van der Waals surface area contributed by atoms with Crippen molar-refractivity contribution >= 4 is 11.5 Å². The Morgan fingerprint density at radius 2 is 2.11 bits per heavy atom. The van der Waals surface area contributed by atoms with Crippen molar-refractivity contribution in [2.75, 3.05) is 12.0 Å². The molecule has 19 heavy (non-hydrogen) atoms. The highest BCUT2D eigenvalue weighted by Crippen LogP contribution is 2.28. The zero-order valence-electron chi connectivity index (χ0n) is 9.89. The van der Waals surface area contributed by atoms with Crippen molar-refractivity contribution in [3.63, 3.8) is 0 Å². The SMILES string of the molecule is NC1=NCNc2ccc(-c3cnc(F)c(O)c3)cc21. The minimum absolute atomic E-state index is 0.454. The fraction of sp³-hybridized carbons (Fsp3) is 0.0769. The molecule has 96 valence electrons. The van der Waals surface area contributed by atoms with Crippen LogP contribution in [0, 0.1) is 5.95 Å². The number of pyridine rings is 1. The van der Waals surface area contributed by atoms with Crippen molar-refractivity contribution in [1.29, 1.82) is 0 Å². The molecule has 0 saturated carbocycles. The first kappa shape index (κ1) is 11.5. The summed E-state index contributed by atoms with van der Waals surface area (Å²) in [6.07, 6.45) is 1.36. The van der Waals surface area contributed by atoms with Gasteiger partial charge in [-0.2, -0.15) is 4.39 Å². The highest BCUT2D eigenvalue weighted by molar-refractivity contribution is 6.04. The van der Waals surface area contributed by atoms with Crippen LogP contribution in [-0.4, -0.2) is 22.6 Å². The van der Waals surface area contributed by atoms with Gasteiger partial charge in [0.25, 0.3) is 5.95 Å². The normalized spacial score (nSPS) is 13.4. The van der Waals surface area contributed by atoms with E-state index in [2.05, 4.69) is 15.3 Å². The summed E-state index contributed by atoms with van der Waals surface area (Å²) in [5.74, 6) is -0.908. The fourth-order valence-corrected chi connectivity index (χ4v) is 1.98. The third-order valence-corrected chi connectivity index (χ3v) is 2.97. The maximum absolute atomic E-state index is 12.9. The number of aliphatic imine (C=N–C) groups is 1. The summed E-state index contributed by atoms with van der Waals surface area (Å²) in [6.45, 7) is 0.455. The predicted octanol–water partition coefficient (Wildman–Crippen LogP) is 1.68. The zero-order valence-corrected chi connectivity index (χ0v) is 9.89. The zero-order chi connectivity index (χ0) is 13.4. The number of benzene rings is 1. The van der Waals surface area contributed by atoms with E-state index in [1.807, 2.05) is 18.2 Å². The lowest BCUT2D eigenvalue weighted by Crippen LogP contribution is -2.22. The van der Waals surface area contributed by atoms with Gasteiger partial charge < -0.3 is 16.2 Å². The van der Waals surface area contributed by atoms with Crippen LogP contribution in [0.2, 0.25) is 0 Å². The maximum Gasteiger partial charge on any atom is 0.255 e. The number of halogens is 1. The van der Waals surface area contributed by atoms with E-state index >= 15 is 0 Å². The number of hydrogen-bond donors (Lipinski definition) is 3. The monoisotopic (exact) mass is 258 g/mol. The van der Waals surface area contributed by atoms with Gasteiger partial charge in [-0.05, 0) is 23.8 Å². The van der Waals surface area contributed by atoms with Crippen LogP contribution in [0.15, 0.2) is 35.5 Å². The molecule has 2 heterocycles. The molecule has 1 aliphatic rings. The number of fused-ring (bicyclic) bond motifs is 1. The molecule has 1 aliphatic heterocycles. The van der Waals surface area contributed by atoms with E-state index in [-0.39, 0.29) is 0 Å². The van der Waals surface area contributed by atoms with Gasteiger partial charge in [0, 0.05) is 23.0 Å². The smallest absolute Gasteiger partial charge is 0.255 e. The summed E-state index contributed by atoms with van der Waals surface area (Å²) in [7, 11) is 0. The highest BCUT2D eigenvalue weighted by atomic mass is 19.1. The number of hydrogen-bond acceptors (Lipinski definition) is 5. The van der Waals surface area contributed by atoms with Crippen LogP contribution < -0.4 is 11.1 Å². The van der Waals surface area contributed by atoms with Crippen molar-refractivity contribution in [3.05, 3.63) is 42.0 Å². The molecular formula is C13H11FN4O. The predicted molar refractivity (Wildman–Crippen MR) is 70.5 cm³/mol. The van der Waals surface area contributed by atoms with Crippen LogP contribution in [0.4, 0.5) is 10.1 Å². The lowest BCUT2D eigenvalue weighted by atomic mass is 10.0. The average molecular weight is 258 g/mol. The highest BCUT2D eigenvalue weighted by Gasteiger charge is 2.13. The molecule has 0 radical (unpaired) electrons. The molecule has 3 rings (SSSR count). The summed E-state index contributed by atoms with van der Waals surface area (Å²) in [6, 6.07) is 6.87. The molecule has 6 heteroatoms. The van der Waals surface area contributed by atoms with Crippen LogP contribution in [0.3, 0.4) is 0 Å². The number of nitrogens with one attached hydrogen (secondary N) is 1. The third-order valence-electron chi connectivity index (χ3n) is 2.97. The Labute approximate surface area is 108 Å². The molecule has 4 N–H and O–H groups in total. The van der Waals surface area contributed by atoms with Gasteiger partial charge in [-0.15, -0.1) is 0 Å². The summed E-state index contributed by atoms with van der Waals surface area (Å²) < 4.78 is 12.9. The molecule has 1 aromatic heterocycles. The molecule has 0 amide bonds. The lowest BCUT2D eigenvalue weighted by Gasteiger charge is -2.17. The second-order valence-corrected chi connectivity index (χ2v) is 4.17. The number of anilines is 1. The molecule has 0 saturated heterocycles. The summed E-state index contributed by atoms with van der Waals surface area (Å²) in [5, 5.41) is 12.5. The van der Waals surface area contributed by atoms with E-state index in [4.69, 9.17) is 5.73 Å². The number of aromatic nitrogens is 1. The Hall–Kier alpha value is -2.63. The number of amidine groups is 1. The molecule has 0 atom stereocenters. The Balaban J connectivity index is 2.09. The molecule has 1 aromatic carbocycles. The van der Waals surface area contributed by atoms with Crippen LogP contribution >= 0.6 is 0 Å². The van der Waals surface area contributed by atoms with Crippen LogP contribution in [-0.2, 0) is 0 Å². The van der Waals surface area contributed by atoms with Gasteiger partial charge in [0.15, 0.2) is 5.75 Å². The maximum atomic E-state index is 12.9. The number of nitrogens with two attached hydrogens (primary N) is 1. The van der Waals surface area contributed by atoms with Crippen molar-refractivity contribution in [1.82, 2.24) is 4.98 Å². The van der Waals surface area contributed by atoms with Gasteiger partial charge in [-0.1, -0.05) is 6.07 Å². The minimum Gasteiger partial charge on any atom is -0.504 e. The fourth-order valence-electron chi connectivity index (χ4n) is 1.98. The van der Waals surface area contributed by atoms with Gasteiger partial charge in [-0.3, -0.25) is 0 Å². The largest absolute Gasteiger partial charge is 0.504 e. The summed E-state index contributed by atoms with van der Waals surface area (Å²) in [4.78, 5) is 7.59. The van der Waals surface area contributed by atoms with Gasteiger partial charge in [0.1, 0.15) is 12.5 Å². The van der Waals surface area contributed by atoms with Gasteiger partial charge >= 0.3 is 0 Å². The lowest BCUT2D eigenvalue weighted by molar-refractivity contribution is 0.419. The van der Waals surface area contributed by atoms with E-state index in [1.54, 1.807) is 0 Å². The Morgan fingerprint density at radius 1 is 1.26 bits per heavy atom. The molecule has 5 nitrogen and oxygen atoms in total. The molecule has 2 aromatic rings. The van der Waals surface area contributed by atoms with E-state index in [9.17, 15) is 9.50 Å². The number of rotatable bonds is 1. The Morgan fingerprint density at radius 3 is 2.89 bits per heavy atom. The molecular weight excluding hydrogens is 247 g/mol. The topological polar surface area (TPSA) is 83.5 Å². The van der Waals surface area contributed by atoms with E-state index in [1.165, 1.54) is 12.3 Å². The van der Waals surface area contributed by atoms with Crippen LogP contribution in [0.1, 0.15) is 5.56 Å². The number of aromatic hydroxyl groups is 1. The van der Waals surface area contributed by atoms with E-state index in [0.29, 0.717) is 18.1 Å². The third kappa shape index (κ3) is 1.97. The molecule has 0 aliphatic carbocycles. The van der Waals surface area contributed by atoms with Crippen LogP contribution in [0.25, 0.3) is 11.1 Å². The van der Waals surface area contributed by atoms with Crippen LogP contribution in [0.5, 0.6) is 5.75 Å². The van der Waals surface area contributed by atoms with Gasteiger partial charge in [0.05, 0.1) is 0 Å². The number of nitrogens with zero attached hydrogens (tertiary/aromatic N) is 2. The summed E-state index contributed by atoms with van der Waals surface area (Å²) in [5.41, 5.74) is 8.91. The first-order valence-electron chi connectivity index (χ1n) is 5.68. The molecule has 0 unspecified atom stereocenters. The summed E-state index contributed by atoms with van der Waals surface area (Å²) >= 11 is 0. The Kier molecular flexibility index (Phi) is 2.56. The molecule has 0 bridgehead atoms. The van der Waals surface area contributed by atoms with Gasteiger partial charge in [0.2, 0.25) is 0 Å². The van der Waals surface area contributed by atoms with E-state index < -0.39 is 11.7 Å². The first-order valence-corrected chi connectivity index (χ1v) is 5.68. The van der Waals surface area contributed by atoms with Crippen molar-refractivity contribution < 1.29 is 9.50 Å². The standard InChI is InChI=1S/C13H11FN4O/c14-12-11(19)4-8(5-16-12)7-1-2-10-9(3-7)13(15)18-6-17-10/h1-5,17,19H,6H2,(H2,15,18). The van der Waals surface area contributed by atoms with Crippen molar-refractivity contribution in [2.24, 2.45) is 10.7 Å². The average Bonchev–Trinajstić information content (AvgIpc) is 2.42. The second-order valence-electron chi connectivity index (χ2n) is 4.17. The minimum atomic E-state index is -0.885. The van der Waals surface area contributed by atoms with E-state index in [0.717, 1.165) is 16.8 Å². The quantitative estimate of drug-likeness (QED) is 0.679. The molecule has 0 spiro atoms. The van der Waals surface area contributed by atoms with Crippen molar-refractivity contribution in [3.8, 4) is 16.9 Å². The Bertz CT molecular complexity index is 684. The van der Waals surface area contributed by atoms with Gasteiger partial charge in [-0.25, -0.2) is 9.98 Å². The second kappa shape index (κ2) is 4.24. The molecule has 0 fully saturated rings. The van der Waals surface area contributed by atoms with Crippen molar-refractivity contribution in [2.45, 2.75) is 0 Å². The first-order chi connectivity index (χ1) is 9.15.